The zero-order valence-corrected chi connectivity index (χ0v) is 20.8. The summed E-state index contributed by atoms with van der Waals surface area (Å²) in [4.78, 5) is 33.8. The van der Waals surface area contributed by atoms with Gasteiger partial charge in [0.2, 0.25) is 11.9 Å². The molecular formula is C25H28F2N6O4. The van der Waals surface area contributed by atoms with E-state index in [0.717, 1.165) is 23.3 Å². The number of ether oxygens (including phenoxy) is 2. The van der Waals surface area contributed by atoms with Crippen LogP contribution >= 0.6 is 0 Å². The molecule has 0 saturated heterocycles. The van der Waals surface area contributed by atoms with Gasteiger partial charge in [0.1, 0.15) is 22.8 Å². The van der Waals surface area contributed by atoms with E-state index in [1.165, 1.54) is 13.8 Å². The van der Waals surface area contributed by atoms with Crippen LogP contribution < -0.4 is 20.1 Å². The van der Waals surface area contributed by atoms with Crippen LogP contribution in [0.2, 0.25) is 0 Å². The molecule has 0 aromatic carbocycles. The number of nitrogens with one attached hydrogen (secondary N) is 3. The molecule has 196 valence electrons. The van der Waals surface area contributed by atoms with Gasteiger partial charge in [0.15, 0.2) is 0 Å². The first-order valence-electron chi connectivity index (χ1n) is 11.8. The van der Waals surface area contributed by atoms with E-state index in [1.807, 2.05) is 17.8 Å². The van der Waals surface area contributed by atoms with E-state index in [9.17, 15) is 18.4 Å². The summed E-state index contributed by atoms with van der Waals surface area (Å²) in [7, 11) is 1.84. The second kappa shape index (κ2) is 11.4. The number of aromatic amines is 1. The van der Waals surface area contributed by atoms with Crippen LogP contribution in [-0.4, -0.2) is 58.1 Å². The number of aromatic nitrogens is 4. The molecule has 4 rings (SSSR count). The Morgan fingerprint density at radius 3 is 2.27 bits per heavy atom. The zero-order valence-electron chi connectivity index (χ0n) is 20.8. The topological polar surface area (TPSA) is 123 Å². The van der Waals surface area contributed by atoms with Crippen molar-refractivity contribution in [1.29, 1.82) is 0 Å². The first kappa shape index (κ1) is 26.2. The lowest BCUT2D eigenvalue weighted by Crippen LogP contribution is -2.22. The van der Waals surface area contributed by atoms with E-state index < -0.39 is 23.8 Å². The number of hydrogen-bond acceptors (Lipinski definition) is 8. The molecule has 0 radical (unpaired) electrons. The molecule has 10 nitrogen and oxygen atoms in total. The van der Waals surface area contributed by atoms with Gasteiger partial charge in [0.25, 0.3) is 0 Å². The second-order valence-corrected chi connectivity index (χ2v) is 8.51. The van der Waals surface area contributed by atoms with Gasteiger partial charge in [0.05, 0.1) is 10.8 Å². The van der Waals surface area contributed by atoms with E-state index >= 15 is 0 Å². The van der Waals surface area contributed by atoms with Gasteiger partial charge in [-0.25, -0.2) is 9.97 Å². The molecule has 37 heavy (non-hydrogen) atoms. The van der Waals surface area contributed by atoms with Crippen LogP contribution in [0.25, 0.3) is 22.1 Å². The van der Waals surface area contributed by atoms with Gasteiger partial charge in [-0.3, -0.25) is 9.59 Å². The van der Waals surface area contributed by atoms with Gasteiger partial charge >= 0.3 is 11.9 Å². The number of halogens is 2. The number of rotatable bonds is 11. The first-order chi connectivity index (χ1) is 17.8. The van der Waals surface area contributed by atoms with Crippen LogP contribution in [-0.2, 0) is 29.0 Å². The molecule has 3 N–H and O–H groups in total. The Kier molecular flexibility index (Phi) is 8.09. The summed E-state index contributed by atoms with van der Waals surface area (Å²) in [6.07, 6.45) is 4.82. The summed E-state index contributed by atoms with van der Waals surface area (Å²) in [6.45, 7) is 4.81. The minimum atomic E-state index is -0.745. The number of nitrogens with zero attached hydrogens (tertiary/aromatic N) is 3. The summed E-state index contributed by atoms with van der Waals surface area (Å²) in [5.74, 6) is -2.29. The number of esters is 2. The molecule has 0 spiro atoms. The van der Waals surface area contributed by atoms with E-state index in [4.69, 9.17) is 9.47 Å². The predicted molar refractivity (Wildman–Crippen MR) is 133 cm³/mol. The Morgan fingerprint density at radius 1 is 0.946 bits per heavy atom. The maximum absolute atomic E-state index is 14.2. The number of carbonyl (C=O) groups excluding carboxylic acids is 2. The van der Waals surface area contributed by atoms with Crippen LogP contribution in [0.3, 0.4) is 0 Å². The van der Waals surface area contributed by atoms with Crippen molar-refractivity contribution in [2.45, 2.75) is 33.2 Å². The van der Waals surface area contributed by atoms with E-state index in [-0.39, 0.29) is 11.5 Å². The third kappa shape index (κ3) is 6.09. The molecule has 0 aliphatic rings. The number of pyridine rings is 2. The van der Waals surface area contributed by atoms with Crippen molar-refractivity contribution >= 4 is 34.0 Å². The Morgan fingerprint density at radius 2 is 1.59 bits per heavy atom. The van der Waals surface area contributed by atoms with E-state index in [0.29, 0.717) is 61.1 Å². The molecule has 0 fully saturated rings. The van der Waals surface area contributed by atoms with E-state index in [1.54, 1.807) is 6.20 Å². The quantitative estimate of drug-likeness (QED) is 0.159. The minimum absolute atomic E-state index is 0.121. The fraction of sp³-hybridized carbons (Fsp3) is 0.360. The van der Waals surface area contributed by atoms with Crippen molar-refractivity contribution in [3.63, 3.8) is 0 Å². The normalized spacial score (nSPS) is 11.4. The Balaban J connectivity index is 1.47. The molecule has 12 heteroatoms. The van der Waals surface area contributed by atoms with Crippen LogP contribution in [0.1, 0.15) is 25.0 Å². The van der Waals surface area contributed by atoms with Gasteiger partial charge in [0, 0.05) is 51.5 Å². The van der Waals surface area contributed by atoms with E-state index in [2.05, 4.69) is 25.6 Å². The van der Waals surface area contributed by atoms with Crippen LogP contribution in [0.5, 0.6) is 11.5 Å². The smallest absolute Gasteiger partial charge is 0.308 e. The number of likely N-dealkylation sites (N-methyl/N-ethyl adjacent to an activating group) is 1. The highest BCUT2D eigenvalue weighted by Gasteiger charge is 2.18. The molecule has 0 unspecified atom stereocenters. The SMILES string of the molecule is CNCCc1cn(CCNCCc2c[nH]c3nc(F)cc(OC(C)=O)c23)c2nc(F)cc(OC(C)=O)c12. The molecule has 0 amide bonds. The van der Waals surface area contributed by atoms with Crippen molar-refractivity contribution in [3.05, 3.63) is 47.5 Å². The third-order valence-corrected chi connectivity index (χ3v) is 5.75. The van der Waals surface area contributed by atoms with Crippen LogP contribution in [0.4, 0.5) is 8.78 Å². The molecule has 4 heterocycles. The van der Waals surface area contributed by atoms with Gasteiger partial charge < -0.3 is 29.7 Å². The minimum Gasteiger partial charge on any atom is -0.426 e. The molecule has 4 aromatic rings. The highest BCUT2D eigenvalue weighted by Crippen LogP contribution is 2.31. The average molecular weight is 515 g/mol. The molecule has 0 saturated carbocycles. The first-order valence-corrected chi connectivity index (χ1v) is 11.8. The lowest BCUT2D eigenvalue weighted by Gasteiger charge is -2.09. The Hall–Kier alpha value is -3.90. The van der Waals surface area contributed by atoms with Crippen molar-refractivity contribution in [2.75, 3.05) is 26.7 Å². The maximum atomic E-state index is 14.2. The Bertz CT molecular complexity index is 1450. The molecule has 0 atom stereocenters. The molecule has 0 bridgehead atoms. The van der Waals surface area contributed by atoms with Gasteiger partial charge in [-0.2, -0.15) is 8.78 Å². The van der Waals surface area contributed by atoms with Gasteiger partial charge in [-0.15, -0.1) is 0 Å². The van der Waals surface area contributed by atoms with Crippen LogP contribution in [0, 0.1) is 11.9 Å². The number of carbonyl (C=O) groups is 2. The lowest BCUT2D eigenvalue weighted by molar-refractivity contribution is -0.132. The monoisotopic (exact) mass is 514 g/mol. The summed E-state index contributed by atoms with van der Waals surface area (Å²) in [5.41, 5.74) is 2.42. The zero-order chi connectivity index (χ0) is 26.5. The fourth-order valence-corrected chi connectivity index (χ4v) is 4.27. The third-order valence-electron chi connectivity index (χ3n) is 5.75. The summed E-state index contributed by atoms with van der Waals surface area (Å²) in [6, 6.07) is 2.22. The maximum Gasteiger partial charge on any atom is 0.308 e. The van der Waals surface area contributed by atoms with Crippen molar-refractivity contribution in [3.8, 4) is 11.5 Å². The van der Waals surface area contributed by atoms with Crippen LogP contribution in [0.15, 0.2) is 24.5 Å². The average Bonchev–Trinajstić information content (AvgIpc) is 3.38. The van der Waals surface area contributed by atoms with Gasteiger partial charge in [-0.05, 0) is 44.1 Å². The number of fused-ring (bicyclic) bond motifs is 2. The fourth-order valence-electron chi connectivity index (χ4n) is 4.27. The molecule has 4 aromatic heterocycles. The van der Waals surface area contributed by atoms with Crippen molar-refractivity contribution < 1.29 is 27.8 Å². The standard InChI is InChI=1S/C25H28F2N6O4/c1-14(34)36-18-10-20(26)31-24-22(18)16(12-30-24)5-7-29-8-9-33-13-17(4-6-28-3)23-19(37-15(2)35)11-21(27)32-25(23)33/h10-13,28-29H,4-9H2,1-3H3,(H,30,31). The second-order valence-electron chi connectivity index (χ2n) is 8.51. The summed E-state index contributed by atoms with van der Waals surface area (Å²) in [5, 5.41) is 7.59. The van der Waals surface area contributed by atoms with Gasteiger partial charge in [-0.1, -0.05) is 0 Å². The summed E-state index contributed by atoms with van der Waals surface area (Å²) >= 11 is 0. The number of H-pyrrole nitrogens is 1. The number of hydrogen-bond donors (Lipinski definition) is 3. The highest BCUT2D eigenvalue weighted by atomic mass is 19.1. The largest absolute Gasteiger partial charge is 0.426 e. The molecular weight excluding hydrogens is 486 g/mol. The predicted octanol–water partition coefficient (Wildman–Crippen LogP) is 2.64. The Labute approximate surface area is 211 Å². The lowest BCUT2D eigenvalue weighted by atomic mass is 10.1. The van der Waals surface area contributed by atoms with Crippen molar-refractivity contribution in [2.24, 2.45) is 0 Å². The van der Waals surface area contributed by atoms with Crippen molar-refractivity contribution in [1.82, 2.24) is 30.2 Å². The summed E-state index contributed by atoms with van der Waals surface area (Å²) < 4.78 is 40.3. The molecule has 0 aliphatic heterocycles. The molecule has 0 aliphatic carbocycles. The highest BCUT2D eigenvalue weighted by molar-refractivity contribution is 5.90.